The van der Waals surface area contributed by atoms with Crippen LogP contribution in [0.1, 0.15) is 34.3 Å². The third-order valence-electron chi connectivity index (χ3n) is 5.25. The van der Waals surface area contributed by atoms with Gasteiger partial charge in [-0.15, -0.1) is 0 Å². The van der Waals surface area contributed by atoms with Gasteiger partial charge in [0.05, 0.1) is 29.3 Å². The molecular formula is C23H24N2O3S. The van der Waals surface area contributed by atoms with Crippen LogP contribution in [0.3, 0.4) is 0 Å². The van der Waals surface area contributed by atoms with E-state index in [1.54, 1.807) is 10.6 Å². The Labute approximate surface area is 174 Å². The summed E-state index contributed by atoms with van der Waals surface area (Å²) in [5.41, 5.74) is 3.40. The molecule has 1 aliphatic heterocycles. The molecule has 0 amide bonds. The average Bonchev–Trinajstić information content (AvgIpc) is 3.22. The summed E-state index contributed by atoms with van der Waals surface area (Å²) in [4.78, 5) is 30.6. The summed E-state index contributed by atoms with van der Waals surface area (Å²) in [6, 6.07) is 13.2. The van der Waals surface area contributed by atoms with Crippen LogP contribution in [0.5, 0.6) is 0 Å². The molecule has 2 heterocycles. The van der Waals surface area contributed by atoms with E-state index in [0.29, 0.717) is 22.6 Å². The average molecular weight is 409 g/mol. The Morgan fingerprint density at radius 2 is 2.07 bits per heavy atom. The number of fused-ring (bicyclic) bond motifs is 1. The van der Waals surface area contributed by atoms with E-state index in [0.717, 1.165) is 36.1 Å². The first-order valence-electron chi connectivity index (χ1n) is 9.87. The summed E-state index contributed by atoms with van der Waals surface area (Å²) in [6.45, 7) is 5.16. The van der Waals surface area contributed by atoms with Gasteiger partial charge in [0, 0.05) is 12.2 Å². The Kier molecular flexibility index (Phi) is 5.83. The maximum absolute atomic E-state index is 13.1. The number of thioether (sulfide) groups is 1. The second kappa shape index (κ2) is 8.51. The van der Waals surface area contributed by atoms with E-state index in [1.165, 1.54) is 11.8 Å². The van der Waals surface area contributed by atoms with E-state index in [4.69, 9.17) is 9.72 Å². The number of ketones is 1. The SMILES string of the molecule is Cc1ccc(C(=O)CSc2nc3ccccc3c(=O)n2C[C@@H]2CCCO2)c(C)c1. The van der Waals surface area contributed by atoms with Crippen molar-refractivity contribution in [3.63, 3.8) is 0 Å². The van der Waals surface area contributed by atoms with E-state index in [2.05, 4.69) is 0 Å². The maximum atomic E-state index is 13.1. The number of carbonyl (C=O) groups excluding carboxylic acids is 1. The van der Waals surface area contributed by atoms with Crippen molar-refractivity contribution in [2.45, 2.75) is 44.5 Å². The van der Waals surface area contributed by atoms with Gasteiger partial charge >= 0.3 is 0 Å². The van der Waals surface area contributed by atoms with Crippen LogP contribution in [-0.4, -0.2) is 33.8 Å². The zero-order chi connectivity index (χ0) is 20.4. The number of ether oxygens (including phenoxy) is 1. The number of aryl methyl sites for hydroxylation is 2. The van der Waals surface area contributed by atoms with E-state index < -0.39 is 0 Å². The number of aromatic nitrogens is 2. The monoisotopic (exact) mass is 408 g/mol. The second-order valence-corrected chi connectivity index (χ2v) is 8.44. The minimum atomic E-state index is -0.0763. The number of hydrogen-bond donors (Lipinski definition) is 0. The summed E-state index contributed by atoms with van der Waals surface area (Å²) in [6.07, 6.45) is 1.96. The highest BCUT2D eigenvalue weighted by atomic mass is 32.2. The molecule has 0 radical (unpaired) electrons. The van der Waals surface area contributed by atoms with Gasteiger partial charge in [0.1, 0.15) is 0 Å². The van der Waals surface area contributed by atoms with Gasteiger partial charge in [0.25, 0.3) is 5.56 Å². The first kappa shape index (κ1) is 19.9. The number of benzene rings is 2. The van der Waals surface area contributed by atoms with E-state index >= 15 is 0 Å². The minimum absolute atomic E-state index is 0.0186. The number of para-hydroxylation sites is 1. The van der Waals surface area contributed by atoms with E-state index in [-0.39, 0.29) is 23.2 Å². The lowest BCUT2D eigenvalue weighted by Gasteiger charge is -2.16. The molecule has 0 unspecified atom stereocenters. The smallest absolute Gasteiger partial charge is 0.262 e. The van der Waals surface area contributed by atoms with Crippen molar-refractivity contribution in [1.29, 1.82) is 0 Å². The van der Waals surface area contributed by atoms with Gasteiger partial charge in [-0.2, -0.15) is 0 Å². The highest BCUT2D eigenvalue weighted by Gasteiger charge is 2.21. The lowest BCUT2D eigenvalue weighted by molar-refractivity contribution is 0.0937. The maximum Gasteiger partial charge on any atom is 0.262 e. The molecule has 1 aliphatic rings. The first-order valence-corrected chi connectivity index (χ1v) is 10.9. The molecule has 0 aliphatic carbocycles. The predicted octanol–water partition coefficient (Wildman–Crippen LogP) is 4.17. The van der Waals surface area contributed by atoms with Crippen LogP contribution in [0.15, 0.2) is 52.4 Å². The zero-order valence-corrected chi connectivity index (χ0v) is 17.5. The largest absolute Gasteiger partial charge is 0.376 e. The number of Topliss-reactive ketones (excluding diaryl/α,β-unsaturated/α-hetero) is 1. The van der Waals surface area contributed by atoms with Crippen molar-refractivity contribution in [2.24, 2.45) is 0 Å². The number of nitrogens with zero attached hydrogens (tertiary/aromatic N) is 2. The zero-order valence-electron chi connectivity index (χ0n) is 16.7. The third-order valence-corrected chi connectivity index (χ3v) is 6.23. The number of carbonyl (C=O) groups is 1. The molecule has 150 valence electrons. The quantitative estimate of drug-likeness (QED) is 0.348. The van der Waals surface area contributed by atoms with Crippen molar-refractivity contribution in [2.75, 3.05) is 12.4 Å². The van der Waals surface area contributed by atoms with Crippen LogP contribution < -0.4 is 5.56 Å². The van der Waals surface area contributed by atoms with E-state index in [1.807, 2.05) is 50.2 Å². The van der Waals surface area contributed by atoms with E-state index in [9.17, 15) is 9.59 Å². The molecule has 0 bridgehead atoms. The predicted molar refractivity (Wildman–Crippen MR) is 116 cm³/mol. The third kappa shape index (κ3) is 4.28. The van der Waals surface area contributed by atoms with Crippen molar-refractivity contribution in [1.82, 2.24) is 9.55 Å². The van der Waals surface area contributed by atoms with Crippen molar-refractivity contribution in [3.05, 3.63) is 69.5 Å². The Hall–Kier alpha value is -2.44. The summed E-state index contributed by atoms with van der Waals surface area (Å²) in [7, 11) is 0. The normalized spacial score (nSPS) is 16.4. The molecule has 1 saturated heterocycles. The minimum Gasteiger partial charge on any atom is -0.376 e. The van der Waals surface area contributed by atoms with Gasteiger partial charge in [-0.05, 0) is 44.4 Å². The molecule has 1 aromatic heterocycles. The molecule has 0 saturated carbocycles. The Balaban J connectivity index is 1.64. The van der Waals surface area contributed by atoms with Gasteiger partial charge in [-0.25, -0.2) is 4.98 Å². The van der Waals surface area contributed by atoms with Crippen LogP contribution in [0.2, 0.25) is 0 Å². The van der Waals surface area contributed by atoms with Crippen LogP contribution >= 0.6 is 11.8 Å². The molecule has 3 aromatic rings. The summed E-state index contributed by atoms with van der Waals surface area (Å²) in [5, 5.41) is 1.16. The van der Waals surface area contributed by atoms with Crippen LogP contribution in [0.4, 0.5) is 0 Å². The molecule has 29 heavy (non-hydrogen) atoms. The fraction of sp³-hybridized carbons (Fsp3) is 0.348. The van der Waals surface area contributed by atoms with Crippen LogP contribution in [0, 0.1) is 13.8 Å². The van der Waals surface area contributed by atoms with Crippen LogP contribution in [-0.2, 0) is 11.3 Å². The molecule has 2 aromatic carbocycles. The number of rotatable bonds is 6. The molecule has 0 spiro atoms. The lowest BCUT2D eigenvalue weighted by Crippen LogP contribution is -2.29. The van der Waals surface area contributed by atoms with Crippen molar-refractivity contribution >= 4 is 28.4 Å². The van der Waals surface area contributed by atoms with Gasteiger partial charge in [0.15, 0.2) is 10.9 Å². The molecule has 5 nitrogen and oxygen atoms in total. The summed E-state index contributed by atoms with van der Waals surface area (Å²) in [5.74, 6) is 0.277. The van der Waals surface area contributed by atoms with Crippen molar-refractivity contribution < 1.29 is 9.53 Å². The van der Waals surface area contributed by atoms with Gasteiger partial charge in [-0.3, -0.25) is 14.2 Å². The molecule has 0 N–H and O–H groups in total. The fourth-order valence-electron chi connectivity index (χ4n) is 3.75. The standard InChI is InChI=1S/C23H24N2O3S/c1-15-9-10-18(16(2)12-15)21(26)14-29-23-24-20-8-4-3-7-19(20)22(27)25(23)13-17-6-5-11-28-17/h3-4,7-10,12,17H,5-6,11,13-14H2,1-2H3/t17-/m0/s1. The summed E-state index contributed by atoms with van der Waals surface area (Å²) < 4.78 is 7.42. The number of hydrogen-bond acceptors (Lipinski definition) is 5. The Morgan fingerprint density at radius 3 is 2.83 bits per heavy atom. The summed E-state index contributed by atoms with van der Waals surface area (Å²) >= 11 is 1.32. The van der Waals surface area contributed by atoms with Crippen LogP contribution in [0.25, 0.3) is 10.9 Å². The second-order valence-electron chi connectivity index (χ2n) is 7.49. The highest BCUT2D eigenvalue weighted by Crippen LogP contribution is 2.22. The molecule has 4 rings (SSSR count). The molecule has 1 fully saturated rings. The van der Waals surface area contributed by atoms with Gasteiger partial charge < -0.3 is 4.74 Å². The van der Waals surface area contributed by atoms with Crippen molar-refractivity contribution in [3.8, 4) is 0 Å². The Morgan fingerprint density at radius 1 is 1.24 bits per heavy atom. The first-order chi connectivity index (χ1) is 14.0. The topological polar surface area (TPSA) is 61.2 Å². The Bertz CT molecular complexity index is 1120. The lowest BCUT2D eigenvalue weighted by atomic mass is 10.0. The molecular weight excluding hydrogens is 384 g/mol. The van der Waals surface area contributed by atoms with Gasteiger partial charge in [-0.1, -0.05) is 47.7 Å². The fourth-order valence-corrected chi connectivity index (χ4v) is 4.64. The van der Waals surface area contributed by atoms with Gasteiger partial charge in [0.2, 0.25) is 0 Å². The molecule has 1 atom stereocenters. The highest BCUT2D eigenvalue weighted by molar-refractivity contribution is 7.99. The molecule has 6 heteroatoms.